The number of benzene rings is 1. The zero-order chi connectivity index (χ0) is 22.5. The molecule has 9 heteroatoms. The molecule has 0 bridgehead atoms. The van der Waals surface area contributed by atoms with E-state index in [1.54, 1.807) is 4.90 Å². The summed E-state index contributed by atoms with van der Waals surface area (Å²) in [6.07, 6.45) is 1.92. The van der Waals surface area contributed by atoms with E-state index < -0.39 is 0 Å². The van der Waals surface area contributed by atoms with Crippen LogP contribution >= 0.6 is 11.3 Å². The molecule has 3 heterocycles. The van der Waals surface area contributed by atoms with Gasteiger partial charge in [-0.05, 0) is 31.9 Å². The van der Waals surface area contributed by atoms with Gasteiger partial charge in [-0.15, -0.1) is 11.3 Å². The van der Waals surface area contributed by atoms with E-state index in [1.165, 1.54) is 11.3 Å². The molecule has 1 atom stereocenters. The Morgan fingerprint density at radius 3 is 2.44 bits per heavy atom. The molecule has 2 fully saturated rings. The van der Waals surface area contributed by atoms with Crippen LogP contribution < -0.4 is 5.32 Å². The molecule has 32 heavy (non-hydrogen) atoms. The Hall–Kier alpha value is -2.94. The minimum absolute atomic E-state index is 0.0628. The number of aromatic nitrogens is 1. The van der Waals surface area contributed by atoms with Crippen LogP contribution in [0.2, 0.25) is 0 Å². The predicted octanol–water partition coefficient (Wildman–Crippen LogP) is 2.61. The van der Waals surface area contributed by atoms with Crippen molar-refractivity contribution in [1.82, 2.24) is 19.7 Å². The van der Waals surface area contributed by atoms with Crippen molar-refractivity contribution in [1.29, 1.82) is 0 Å². The van der Waals surface area contributed by atoms with Crippen LogP contribution in [0.5, 0.6) is 0 Å². The van der Waals surface area contributed by atoms with Gasteiger partial charge in [0.25, 0.3) is 0 Å². The van der Waals surface area contributed by atoms with Gasteiger partial charge < -0.3 is 20.0 Å². The van der Waals surface area contributed by atoms with Crippen LogP contribution in [0.3, 0.4) is 0 Å². The average Bonchev–Trinajstić information content (AvgIpc) is 3.23. The average molecular weight is 456 g/mol. The summed E-state index contributed by atoms with van der Waals surface area (Å²) in [5, 5.41) is 5.69. The zero-order valence-electron chi connectivity index (χ0n) is 18.3. The van der Waals surface area contributed by atoms with Gasteiger partial charge in [-0.25, -0.2) is 9.78 Å². The highest BCUT2D eigenvalue weighted by molar-refractivity contribution is 7.09. The van der Waals surface area contributed by atoms with Crippen molar-refractivity contribution in [2.24, 2.45) is 5.92 Å². The maximum absolute atomic E-state index is 13.1. The van der Waals surface area contributed by atoms with E-state index in [-0.39, 0.29) is 23.8 Å². The molecule has 0 radical (unpaired) electrons. The number of nitrogens with one attached hydrogen (secondary N) is 1. The van der Waals surface area contributed by atoms with Crippen molar-refractivity contribution in [3.8, 4) is 0 Å². The number of piperazine rings is 1. The summed E-state index contributed by atoms with van der Waals surface area (Å²) in [4.78, 5) is 48.1. The van der Waals surface area contributed by atoms with Crippen molar-refractivity contribution in [2.75, 3.05) is 44.6 Å². The molecule has 0 saturated carbocycles. The third-order valence-corrected chi connectivity index (χ3v) is 6.96. The highest BCUT2D eigenvalue weighted by Gasteiger charge is 2.33. The van der Waals surface area contributed by atoms with E-state index in [1.807, 2.05) is 52.4 Å². The Labute approximate surface area is 192 Å². The lowest BCUT2D eigenvalue weighted by atomic mass is 9.96. The maximum atomic E-state index is 13.1. The number of rotatable bonds is 4. The number of anilines is 1. The van der Waals surface area contributed by atoms with E-state index in [2.05, 4.69) is 10.3 Å². The van der Waals surface area contributed by atoms with Crippen molar-refractivity contribution in [3.05, 3.63) is 46.4 Å². The van der Waals surface area contributed by atoms with Gasteiger partial charge >= 0.3 is 6.03 Å². The monoisotopic (exact) mass is 455 g/mol. The van der Waals surface area contributed by atoms with Crippen molar-refractivity contribution in [3.63, 3.8) is 0 Å². The smallest absolute Gasteiger partial charge is 0.321 e. The molecule has 1 N–H and O–H groups in total. The number of carbonyl (C=O) groups is 3. The maximum Gasteiger partial charge on any atom is 0.321 e. The van der Waals surface area contributed by atoms with Crippen LogP contribution in [0.4, 0.5) is 10.5 Å². The summed E-state index contributed by atoms with van der Waals surface area (Å²) in [5.74, 6) is -0.0384. The van der Waals surface area contributed by atoms with E-state index in [4.69, 9.17) is 0 Å². The Morgan fingerprint density at radius 2 is 1.75 bits per heavy atom. The van der Waals surface area contributed by atoms with E-state index in [9.17, 15) is 14.4 Å². The second kappa shape index (κ2) is 10.1. The van der Waals surface area contributed by atoms with Crippen molar-refractivity contribution >= 4 is 34.9 Å². The highest BCUT2D eigenvalue weighted by Crippen LogP contribution is 2.21. The molecule has 1 unspecified atom stereocenters. The molecule has 8 nitrogen and oxygen atoms in total. The molecular formula is C23H29N5O3S. The van der Waals surface area contributed by atoms with Gasteiger partial charge in [0.2, 0.25) is 11.8 Å². The minimum atomic E-state index is -0.189. The molecule has 170 valence electrons. The lowest BCUT2D eigenvalue weighted by molar-refractivity contribution is -0.142. The van der Waals surface area contributed by atoms with Crippen LogP contribution in [0.15, 0.2) is 35.7 Å². The number of para-hydroxylation sites is 1. The Bertz CT molecular complexity index is 956. The van der Waals surface area contributed by atoms with Crippen LogP contribution in [0, 0.1) is 12.8 Å². The van der Waals surface area contributed by atoms with Crippen LogP contribution in [0.1, 0.15) is 23.5 Å². The first kappa shape index (κ1) is 22.3. The summed E-state index contributed by atoms with van der Waals surface area (Å²) < 4.78 is 0. The largest absolute Gasteiger partial charge is 0.339 e. The third kappa shape index (κ3) is 5.45. The number of nitrogens with zero attached hydrogens (tertiary/aromatic N) is 4. The second-order valence-electron chi connectivity index (χ2n) is 8.35. The lowest BCUT2D eigenvalue weighted by Crippen LogP contribution is -2.54. The van der Waals surface area contributed by atoms with Gasteiger partial charge in [0, 0.05) is 56.0 Å². The first-order chi connectivity index (χ1) is 15.5. The van der Waals surface area contributed by atoms with Gasteiger partial charge in [0.05, 0.1) is 12.3 Å². The predicted molar refractivity (Wildman–Crippen MR) is 123 cm³/mol. The number of aryl methyl sites for hydroxylation is 1. The van der Waals surface area contributed by atoms with Gasteiger partial charge in [-0.3, -0.25) is 9.59 Å². The van der Waals surface area contributed by atoms with Gasteiger partial charge in [-0.2, -0.15) is 0 Å². The van der Waals surface area contributed by atoms with E-state index >= 15 is 0 Å². The number of hydrogen-bond donors (Lipinski definition) is 1. The fraction of sp³-hybridized carbons (Fsp3) is 0.478. The summed E-state index contributed by atoms with van der Waals surface area (Å²) >= 11 is 1.51. The molecule has 2 aliphatic heterocycles. The Kier molecular flexibility index (Phi) is 7.04. The molecule has 4 rings (SSSR count). The van der Waals surface area contributed by atoms with Crippen LogP contribution in [0.25, 0.3) is 0 Å². The number of thiazole rings is 1. The van der Waals surface area contributed by atoms with Crippen molar-refractivity contribution in [2.45, 2.75) is 26.2 Å². The number of piperidine rings is 1. The second-order valence-corrected chi connectivity index (χ2v) is 9.29. The summed E-state index contributed by atoms with van der Waals surface area (Å²) in [6.45, 7) is 5.16. The Balaban J connectivity index is 1.26. The van der Waals surface area contributed by atoms with Crippen LogP contribution in [-0.4, -0.2) is 76.8 Å². The van der Waals surface area contributed by atoms with Gasteiger partial charge in [0.1, 0.15) is 5.01 Å². The lowest BCUT2D eigenvalue weighted by Gasteiger charge is -2.39. The summed E-state index contributed by atoms with van der Waals surface area (Å²) in [5.41, 5.74) is 1.69. The van der Waals surface area contributed by atoms with E-state index in [0.29, 0.717) is 45.7 Å². The molecule has 1 aromatic heterocycles. The van der Waals surface area contributed by atoms with Crippen LogP contribution in [-0.2, 0) is 16.0 Å². The SMILES string of the molecule is Cc1csc(CC(=O)N2CCN(C(=O)C3CCCN(C(=O)Nc4ccccc4)C3)CC2)n1. The number of amides is 4. The molecule has 2 aliphatic rings. The minimum Gasteiger partial charge on any atom is -0.339 e. The molecule has 2 aromatic rings. The molecular weight excluding hydrogens is 426 g/mol. The zero-order valence-corrected chi connectivity index (χ0v) is 19.1. The quantitative estimate of drug-likeness (QED) is 0.768. The standard InChI is InChI=1S/C23H29N5O3S/c1-17-16-32-20(24-17)14-21(29)26-10-12-27(13-11-26)22(30)18-6-5-9-28(15-18)23(31)25-19-7-3-2-4-8-19/h2-4,7-8,16,18H,5-6,9-15H2,1H3,(H,25,31). The fourth-order valence-electron chi connectivity index (χ4n) is 4.25. The summed E-state index contributed by atoms with van der Waals surface area (Å²) in [7, 11) is 0. The summed E-state index contributed by atoms with van der Waals surface area (Å²) in [6, 6.07) is 9.18. The van der Waals surface area contributed by atoms with Gasteiger partial charge in [-0.1, -0.05) is 18.2 Å². The topological polar surface area (TPSA) is 85.9 Å². The molecule has 4 amide bonds. The number of likely N-dealkylation sites (tertiary alicyclic amines) is 1. The molecule has 2 saturated heterocycles. The highest BCUT2D eigenvalue weighted by atomic mass is 32.1. The first-order valence-corrected chi connectivity index (χ1v) is 12.0. The van der Waals surface area contributed by atoms with Gasteiger partial charge in [0.15, 0.2) is 0 Å². The first-order valence-electron chi connectivity index (χ1n) is 11.1. The van der Waals surface area contributed by atoms with Crippen molar-refractivity contribution < 1.29 is 14.4 Å². The third-order valence-electron chi connectivity index (χ3n) is 6.00. The fourth-order valence-corrected chi connectivity index (χ4v) is 5.01. The molecule has 0 aliphatic carbocycles. The normalized spacial score (nSPS) is 19.0. The number of carbonyl (C=O) groups excluding carboxylic acids is 3. The molecule has 1 aromatic carbocycles. The number of urea groups is 1. The molecule has 0 spiro atoms. The number of hydrogen-bond acceptors (Lipinski definition) is 5. The Morgan fingerprint density at radius 1 is 1.03 bits per heavy atom. The van der Waals surface area contributed by atoms with E-state index in [0.717, 1.165) is 29.2 Å².